The van der Waals surface area contributed by atoms with Gasteiger partial charge in [0.05, 0.1) is 0 Å². The van der Waals surface area contributed by atoms with E-state index in [1.165, 1.54) is 23.2 Å². The third-order valence-corrected chi connectivity index (χ3v) is 8.00. The average molecular weight is 270 g/mol. The molecular weight excluding hydrogens is 248 g/mol. The molecule has 0 spiro atoms. The van der Waals surface area contributed by atoms with Crippen molar-refractivity contribution < 1.29 is 4.43 Å². The molecule has 0 atom stereocenters. The van der Waals surface area contributed by atoms with Gasteiger partial charge >= 0.3 is 0 Å². The zero-order chi connectivity index (χ0) is 13.6. The summed E-state index contributed by atoms with van der Waals surface area (Å²) in [5.41, 5.74) is 0. The Labute approximate surface area is 117 Å². The number of unbranched alkanes of at least 4 members (excludes halogenated alkanes) is 1. The van der Waals surface area contributed by atoms with Gasteiger partial charge in [0, 0.05) is 7.11 Å². The van der Waals surface area contributed by atoms with Crippen molar-refractivity contribution in [3.05, 3.63) is 60.7 Å². The molecule has 0 aliphatic heterocycles. The highest BCUT2D eigenvalue weighted by Gasteiger charge is 2.37. The molecule has 19 heavy (non-hydrogen) atoms. The van der Waals surface area contributed by atoms with E-state index < -0.39 is 8.32 Å². The molecular formula is C17H22OSi. The lowest BCUT2D eigenvalue weighted by Crippen LogP contribution is -2.60. The van der Waals surface area contributed by atoms with Crippen LogP contribution in [0.5, 0.6) is 0 Å². The zero-order valence-electron chi connectivity index (χ0n) is 11.8. The molecule has 0 N–H and O–H groups in total. The van der Waals surface area contributed by atoms with Crippen molar-refractivity contribution in [1.29, 1.82) is 0 Å². The highest BCUT2D eigenvalue weighted by Crippen LogP contribution is 2.16. The molecule has 2 heteroatoms. The van der Waals surface area contributed by atoms with Gasteiger partial charge in [-0.2, -0.15) is 0 Å². The maximum Gasteiger partial charge on any atom is 0.255 e. The van der Waals surface area contributed by atoms with Crippen LogP contribution in [-0.4, -0.2) is 15.4 Å². The Bertz CT molecular complexity index is 442. The Morgan fingerprint density at radius 2 is 1.32 bits per heavy atom. The lowest BCUT2D eigenvalue weighted by molar-refractivity contribution is 0.413. The molecule has 100 valence electrons. The monoisotopic (exact) mass is 270 g/mol. The molecule has 2 rings (SSSR count). The van der Waals surface area contributed by atoms with Crippen LogP contribution in [-0.2, 0) is 4.43 Å². The maximum atomic E-state index is 6.15. The van der Waals surface area contributed by atoms with E-state index in [9.17, 15) is 0 Å². The van der Waals surface area contributed by atoms with Crippen molar-refractivity contribution in [2.45, 2.75) is 25.8 Å². The predicted molar refractivity (Wildman–Crippen MR) is 84.6 cm³/mol. The largest absolute Gasteiger partial charge is 0.411 e. The van der Waals surface area contributed by atoms with E-state index in [2.05, 4.69) is 67.6 Å². The van der Waals surface area contributed by atoms with E-state index >= 15 is 0 Å². The molecule has 2 aromatic rings. The first-order valence-electron chi connectivity index (χ1n) is 6.99. The summed E-state index contributed by atoms with van der Waals surface area (Å²) in [6.45, 7) is 2.24. The highest BCUT2D eigenvalue weighted by atomic mass is 28.4. The van der Waals surface area contributed by atoms with Gasteiger partial charge in [-0.1, -0.05) is 80.4 Å². The van der Waals surface area contributed by atoms with Crippen LogP contribution >= 0.6 is 0 Å². The van der Waals surface area contributed by atoms with Crippen LogP contribution in [0.1, 0.15) is 19.8 Å². The molecule has 0 aliphatic carbocycles. The Morgan fingerprint density at radius 1 is 0.842 bits per heavy atom. The minimum absolute atomic E-state index is 1.15. The average Bonchev–Trinajstić information content (AvgIpc) is 2.51. The third kappa shape index (κ3) is 2.96. The molecule has 0 radical (unpaired) electrons. The normalized spacial score (nSPS) is 11.5. The van der Waals surface area contributed by atoms with Crippen LogP contribution in [0, 0.1) is 0 Å². The van der Waals surface area contributed by atoms with E-state index in [0.717, 1.165) is 6.04 Å². The van der Waals surface area contributed by atoms with E-state index in [4.69, 9.17) is 4.43 Å². The fourth-order valence-electron chi connectivity index (χ4n) is 2.63. The highest BCUT2D eigenvalue weighted by molar-refractivity contribution is 6.97. The van der Waals surface area contributed by atoms with Crippen molar-refractivity contribution in [2.75, 3.05) is 7.11 Å². The van der Waals surface area contributed by atoms with Gasteiger partial charge in [0.15, 0.2) is 0 Å². The lowest BCUT2D eigenvalue weighted by atomic mass is 10.4. The summed E-state index contributed by atoms with van der Waals surface area (Å²) < 4.78 is 6.15. The van der Waals surface area contributed by atoms with Crippen LogP contribution in [0.15, 0.2) is 60.7 Å². The second-order valence-electron chi connectivity index (χ2n) is 4.87. The van der Waals surface area contributed by atoms with Crippen LogP contribution in [0.2, 0.25) is 6.04 Å². The first-order chi connectivity index (χ1) is 9.33. The van der Waals surface area contributed by atoms with Crippen molar-refractivity contribution in [2.24, 2.45) is 0 Å². The van der Waals surface area contributed by atoms with Crippen LogP contribution in [0.4, 0.5) is 0 Å². The van der Waals surface area contributed by atoms with Gasteiger partial charge in [-0.15, -0.1) is 0 Å². The van der Waals surface area contributed by atoms with E-state index in [1.807, 2.05) is 7.11 Å². The SMILES string of the molecule is CCCC[Si](OC)(c1ccccc1)c1ccccc1. The molecule has 1 nitrogen and oxygen atoms in total. The molecule has 0 aliphatic rings. The summed E-state index contributed by atoms with van der Waals surface area (Å²) in [6.07, 6.45) is 2.42. The summed E-state index contributed by atoms with van der Waals surface area (Å²) in [7, 11) is -0.166. The minimum Gasteiger partial charge on any atom is -0.411 e. The summed E-state index contributed by atoms with van der Waals surface area (Å²) in [6, 6.07) is 22.6. The fourth-order valence-corrected chi connectivity index (χ4v) is 6.53. The summed E-state index contributed by atoms with van der Waals surface area (Å²) >= 11 is 0. The van der Waals surface area contributed by atoms with E-state index in [1.54, 1.807) is 0 Å². The number of hydrogen-bond acceptors (Lipinski definition) is 1. The molecule has 0 heterocycles. The fraction of sp³-hybridized carbons (Fsp3) is 0.294. The van der Waals surface area contributed by atoms with Crippen molar-refractivity contribution in [3.8, 4) is 0 Å². The number of benzene rings is 2. The van der Waals surface area contributed by atoms with Crippen molar-refractivity contribution in [3.63, 3.8) is 0 Å². The maximum absolute atomic E-state index is 6.15. The summed E-state index contributed by atoms with van der Waals surface area (Å²) in [5, 5.41) is 2.74. The molecule has 0 bridgehead atoms. The van der Waals surface area contributed by atoms with Crippen LogP contribution in [0.25, 0.3) is 0 Å². The second-order valence-corrected chi connectivity index (χ2v) is 8.58. The molecule has 2 aromatic carbocycles. The first kappa shape index (κ1) is 14.0. The smallest absolute Gasteiger partial charge is 0.255 e. The first-order valence-corrected chi connectivity index (χ1v) is 9.11. The molecule has 0 amide bonds. The van der Waals surface area contributed by atoms with E-state index in [0.29, 0.717) is 0 Å². The van der Waals surface area contributed by atoms with Gasteiger partial charge in [-0.25, -0.2) is 0 Å². The zero-order valence-corrected chi connectivity index (χ0v) is 12.8. The predicted octanol–water partition coefficient (Wildman–Crippen LogP) is 3.19. The Morgan fingerprint density at radius 3 is 1.68 bits per heavy atom. The van der Waals surface area contributed by atoms with Crippen molar-refractivity contribution in [1.82, 2.24) is 0 Å². The summed E-state index contributed by atoms with van der Waals surface area (Å²) in [5.74, 6) is 0. The standard InChI is InChI=1S/C17H22OSi/c1-3-4-15-19(18-2,16-11-7-5-8-12-16)17-13-9-6-10-14-17/h5-14H,3-4,15H2,1-2H3. The molecule has 0 aromatic heterocycles. The molecule has 0 unspecified atom stereocenters. The van der Waals surface area contributed by atoms with Gasteiger partial charge in [-0.3, -0.25) is 0 Å². The van der Waals surface area contributed by atoms with E-state index in [-0.39, 0.29) is 0 Å². The Balaban J connectivity index is 2.48. The lowest BCUT2D eigenvalue weighted by Gasteiger charge is -2.30. The van der Waals surface area contributed by atoms with Gasteiger partial charge in [0.25, 0.3) is 8.32 Å². The number of hydrogen-bond donors (Lipinski definition) is 0. The van der Waals surface area contributed by atoms with Crippen LogP contribution < -0.4 is 10.4 Å². The quantitative estimate of drug-likeness (QED) is 0.733. The van der Waals surface area contributed by atoms with Gasteiger partial charge in [-0.05, 0) is 16.4 Å². The second kappa shape index (κ2) is 6.69. The van der Waals surface area contributed by atoms with Crippen LogP contribution in [0.3, 0.4) is 0 Å². The van der Waals surface area contributed by atoms with Gasteiger partial charge < -0.3 is 4.43 Å². The third-order valence-electron chi connectivity index (χ3n) is 3.71. The topological polar surface area (TPSA) is 9.23 Å². The Kier molecular flexibility index (Phi) is 4.94. The van der Waals surface area contributed by atoms with Crippen molar-refractivity contribution >= 4 is 18.7 Å². The minimum atomic E-state index is -2.04. The van der Waals surface area contributed by atoms with Gasteiger partial charge in [0.1, 0.15) is 0 Å². The molecule has 0 saturated heterocycles. The molecule has 0 saturated carbocycles. The van der Waals surface area contributed by atoms with Gasteiger partial charge in [0.2, 0.25) is 0 Å². The number of rotatable bonds is 6. The Hall–Kier alpha value is -1.38. The summed E-state index contributed by atoms with van der Waals surface area (Å²) in [4.78, 5) is 0. The molecule has 0 fully saturated rings.